The molecule has 4 rings (SSSR count). The third-order valence-corrected chi connectivity index (χ3v) is 7.66. The maximum Gasteiger partial charge on any atom is 0.227 e. The number of nitrogens with zero attached hydrogens (tertiary/aromatic N) is 3. The van der Waals surface area contributed by atoms with Crippen LogP contribution in [0.4, 0.5) is 5.69 Å². The molecule has 2 unspecified atom stereocenters. The maximum absolute atomic E-state index is 13.1. The van der Waals surface area contributed by atoms with E-state index in [2.05, 4.69) is 36.0 Å². The Kier molecular flexibility index (Phi) is 5.78. The van der Waals surface area contributed by atoms with Crippen LogP contribution in [0.1, 0.15) is 59.3 Å². The van der Waals surface area contributed by atoms with Crippen LogP contribution in [0, 0.1) is 16.7 Å². The molecule has 3 aliphatic rings. The SMILES string of the molecule is CC1(C)CCC(C)(C(=O)NC2CCN(C(=O)C3CCN(c4ccncc4)C3)C2)CC1. The van der Waals surface area contributed by atoms with Gasteiger partial charge in [0.15, 0.2) is 0 Å². The summed E-state index contributed by atoms with van der Waals surface area (Å²) >= 11 is 0. The van der Waals surface area contributed by atoms with Gasteiger partial charge in [-0.25, -0.2) is 0 Å². The molecular weight excluding hydrogens is 376 g/mol. The standard InChI is InChI=1S/C24H36N4O2/c1-23(2)8-10-24(3,11-9-23)22(30)26-19-7-15-28(17-19)21(29)18-6-14-27(16-18)20-4-12-25-13-5-20/h4-5,12-13,18-19H,6-11,14-17H2,1-3H3,(H,26,30). The highest BCUT2D eigenvalue weighted by Gasteiger charge is 2.42. The maximum atomic E-state index is 13.1. The van der Waals surface area contributed by atoms with E-state index in [0.717, 1.165) is 63.8 Å². The van der Waals surface area contributed by atoms with Crippen molar-refractivity contribution in [3.8, 4) is 0 Å². The van der Waals surface area contributed by atoms with Gasteiger partial charge >= 0.3 is 0 Å². The lowest BCUT2D eigenvalue weighted by atomic mass is 9.65. The zero-order valence-electron chi connectivity index (χ0n) is 18.7. The highest BCUT2D eigenvalue weighted by molar-refractivity contribution is 5.83. The molecule has 164 valence electrons. The van der Waals surface area contributed by atoms with Gasteiger partial charge in [-0.2, -0.15) is 0 Å². The predicted molar refractivity (Wildman–Crippen MR) is 118 cm³/mol. The quantitative estimate of drug-likeness (QED) is 0.825. The first kappa shape index (κ1) is 21.1. The number of nitrogens with one attached hydrogen (secondary N) is 1. The van der Waals surface area contributed by atoms with Crippen LogP contribution < -0.4 is 10.2 Å². The summed E-state index contributed by atoms with van der Waals surface area (Å²) in [6.45, 7) is 9.78. The number of aromatic nitrogens is 1. The molecule has 1 aliphatic carbocycles. The first-order chi connectivity index (χ1) is 14.3. The average molecular weight is 413 g/mol. The van der Waals surface area contributed by atoms with Crippen LogP contribution in [0.25, 0.3) is 0 Å². The summed E-state index contributed by atoms with van der Waals surface area (Å²) in [7, 11) is 0. The van der Waals surface area contributed by atoms with Crippen molar-refractivity contribution in [3.05, 3.63) is 24.5 Å². The summed E-state index contributed by atoms with van der Waals surface area (Å²) in [5.74, 6) is 0.474. The van der Waals surface area contributed by atoms with E-state index >= 15 is 0 Å². The topological polar surface area (TPSA) is 65.5 Å². The minimum absolute atomic E-state index is 0.0470. The molecule has 3 fully saturated rings. The van der Waals surface area contributed by atoms with Crippen LogP contribution in [-0.4, -0.2) is 53.9 Å². The first-order valence-electron chi connectivity index (χ1n) is 11.5. The number of anilines is 1. The van der Waals surface area contributed by atoms with Gasteiger partial charge in [-0.3, -0.25) is 14.6 Å². The third-order valence-electron chi connectivity index (χ3n) is 7.66. The van der Waals surface area contributed by atoms with E-state index in [1.165, 1.54) is 0 Å². The number of amides is 2. The molecule has 0 spiro atoms. The van der Waals surface area contributed by atoms with Crippen molar-refractivity contribution in [3.63, 3.8) is 0 Å². The molecule has 0 bridgehead atoms. The number of hydrogen-bond acceptors (Lipinski definition) is 4. The van der Waals surface area contributed by atoms with E-state index in [4.69, 9.17) is 0 Å². The van der Waals surface area contributed by atoms with E-state index in [1.54, 1.807) is 12.4 Å². The second-order valence-electron chi connectivity index (χ2n) is 10.6. The average Bonchev–Trinajstić information content (AvgIpc) is 3.41. The Balaban J connectivity index is 1.27. The summed E-state index contributed by atoms with van der Waals surface area (Å²) in [5.41, 5.74) is 1.22. The van der Waals surface area contributed by atoms with Crippen molar-refractivity contribution < 1.29 is 9.59 Å². The van der Waals surface area contributed by atoms with Crippen molar-refractivity contribution in [2.75, 3.05) is 31.1 Å². The molecule has 3 heterocycles. The molecule has 2 saturated heterocycles. The molecule has 2 amide bonds. The lowest BCUT2D eigenvalue weighted by Gasteiger charge is -2.40. The summed E-state index contributed by atoms with van der Waals surface area (Å²) < 4.78 is 0. The molecule has 1 N–H and O–H groups in total. The fraction of sp³-hybridized carbons (Fsp3) is 0.708. The van der Waals surface area contributed by atoms with Gasteiger partial charge in [0.05, 0.1) is 5.92 Å². The lowest BCUT2D eigenvalue weighted by molar-refractivity contribution is -0.135. The lowest BCUT2D eigenvalue weighted by Crippen LogP contribution is -2.48. The number of likely N-dealkylation sites (tertiary alicyclic amines) is 1. The fourth-order valence-electron chi connectivity index (χ4n) is 5.15. The second kappa shape index (κ2) is 8.20. The third kappa shape index (κ3) is 4.47. The van der Waals surface area contributed by atoms with Crippen LogP contribution >= 0.6 is 0 Å². The van der Waals surface area contributed by atoms with Gasteiger partial charge < -0.3 is 15.1 Å². The molecule has 0 radical (unpaired) electrons. The largest absolute Gasteiger partial charge is 0.371 e. The van der Waals surface area contributed by atoms with Crippen molar-refractivity contribution in [1.82, 2.24) is 15.2 Å². The van der Waals surface area contributed by atoms with Crippen molar-refractivity contribution >= 4 is 17.5 Å². The molecule has 6 nitrogen and oxygen atoms in total. The van der Waals surface area contributed by atoms with Gasteiger partial charge in [0.2, 0.25) is 11.8 Å². The Morgan fingerprint density at radius 1 is 1.00 bits per heavy atom. The Morgan fingerprint density at radius 3 is 2.40 bits per heavy atom. The van der Waals surface area contributed by atoms with Gasteiger partial charge in [-0.1, -0.05) is 20.8 Å². The summed E-state index contributed by atoms with van der Waals surface area (Å²) in [6.07, 6.45) is 9.45. The normalized spacial score (nSPS) is 27.8. The zero-order valence-corrected chi connectivity index (χ0v) is 18.7. The van der Waals surface area contributed by atoms with Crippen LogP contribution in [0.5, 0.6) is 0 Å². The minimum atomic E-state index is -0.260. The van der Waals surface area contributed by atoms with Crippen LogP contribution in [0.15, 0.2) is 24.5 Å². The van der Waals surface area contributed by atoms with Crippen molar-refractivity contribution in [2.45, 2.75) is 65.3 Å². The highest BCUT2D eigenvalue weighted by atomic mass is 16.2. The van der Waals surface area contributed by atoms with Gasteiger partial charge in [0.25, 0.3) is 0 Å². The van der Waals surface area contributed by atoms with E-state index in [-0.39, 0.29) is 29.2 Å². The smallest absolute Gasteiger partial charge is 0.227 e. The summed E-state index contributed by atoms with van der Waals surface area (Å²) in [4.78, 5) is 34.4. The highest BCUT2D eigenvalue weighted by Crippen LogP contribution is 2.45. The van der Waals surface area contributed by atoms with Crippen molar-refractivity contribution in [2.24, 2.45) is 16.7 Å². The van der Waals surface area contributed by atoms with E-state index in [9.17, 15) is 9.59 Å². The first-order valence-corrected chi connectivity index (χ1v) is 11.5. The van der Waals surface area contributed by atoms with Crippen LogP contribution in [0.2, 0.25) is 0 Å². The Labute approximate surface area is 180 Å². The zero-order chi connectivity index (χ0) is 21.4. The number of carbonyl (C=O) groups excluding carboxylic acids is 2. The van der Waals surface area contributed by atoms with Gasteiger partial charge in [0, 0.05) is 55.7 Å². The molecule has 2 atom stereocenters. The minimum Gasteiger partial charge on any atom is -0.371 e. The Morgan fingerprint density at radius 2 is 1.70 bits per heavy atom. The second-order valence-corrected chi connectivity index (χ2v) is 10.6. The van der Waals surface area contributed by atoms with Crippen LogP contribution in [-0.2, 0) is 9.59 Å². The van der Waals surface area contributed by atoms with Gasteiger partial charge in [-0.05, 0) is 56.1 Å². The molecule has 6 heteroatoms. The van der Waals surface area contributed by atoms with E-state index < -0.39 is 0 Å². The molecule has 1 saturated carbocycles. The fourth-order valence-corrected chi connectivity index (χ4v) is 5.15. The monoisotopic (exact) mass is 412 g/mol. The molecule has 0 aromatic carbocycles. The summed E-state index contributed by atoms with van der Waals surface area (Å²) in [6, 6.07) is 4.09. The predicted octanol–water partition coefficient (Wildman–Crippen LogP) is 3.23. The Hall–Kier alpha value is -2.11. The molecule has 1 aromatic rings. The molecule has 1 aromatic heterocycles. The molecular formula is C24H36N4O2. The number of pyridine rings is 1. The van der Waals surface area contributed by atoms with E-state index in [0.29, 0.717) is 12.0 Å². The number of hydrogen-bond donors (Lipinski definition) is 1. The summed E-state index contributed by atoms with van der Waals surface area (Å²) in [5, 5.41) is 3.28. The molecule has 2 aliphatic heterocycles. The molecule has 30 heavy (non-hydrogen) atoms. The Bertz CT molecular complexity index is 769. The van der Waals surface area contributed by atoms with Crippen LogP contribution in [0.3, 0.4) is 0 Å². The number of carbonyl (C=O) groups is 2. The number of rotatable bonds is 4. The van der Waals surface area contributed by atoms with Gasteiger partial charge in [0.1, 0.15) is 0 Å². The van der Waals surface area contributed by atoms with E-state index in [1.807, 2.05) is 17.0 Å². The van der Waals surface area contributed by atoms with Crippen molar-refractivity contribution in [1.29, 1.82) is 0 Å². The van der Waals surface area contributed by atoms with Gasteiger partial charge in [-0.15, -0.1) is 0 Å².